The molecule has 0 aliphatic carbocycles. The van der Waals surface area contributed by atoms with Gasteiger partial charge in [-0.3, -0.25) is 29.0 Å². The highest BCUT2D eigenvalue weighted by molar-refractivity contribution is 7.91. The van der Waals surface area contributed by atoms with Gasteiger partial charge in [0.15, 0.2) is 11.6 Å². The third-order valence-electron chi connectivity index (χ3n) is 15.7. The van der Waals surface area contributed by atoms with Crippen LogP contribution < -0.4 is 9.80 Å². The molecule has 466 valence electrons. The maximum absolute atomic E-state index is 14.7. The first-order valence-corrected chi connectivity index (χ1v) is 33.9. The van der Waals surface area contributed by atoms with Gasteiger partial charge in [-0.15, -0.1) is 8.83 Å². The summed E-state index contributed by atoms with van der Waals surface area (Å²) >= 11 is 12.5. The third kappa shape index (κ3) is 15.3. The molecule has 22 heteroatoms. The van der Waals surface area contributed by atoms with Gasteiger partial charge in [0.05, 0.1) is 45.7 Å². The number of unbranched alkanes of at least 4 members (excludes halogenated alkanes) is 6. The topological polar surface area (TPSA) is 242 Å². The van der Waals surface area contributed by atoms with E-state index in [4.69, 9.17) is 43.1 Å². The number of sulfonamides is 2. The molecule has 2 atom stereocenters. The Morgan fingerprint density at radius 2 is 0.767 bits per heavy atom. The molecular weight excluding hydrogens is 1220 g/mol. The fraction of sp³-hybridized carbons (Fsp3) is 0.294. The molecule has 0 spiro atoms. The van der Waals surface area contributed by atoms with Crippen molar-refractivity contribution in [1.82, 2.24) is 28.8 Å². The lowest BCUT2D eigenvalue weighted by Gasteiger charge is -2.33. The number of amides is 4. The molecule has 0 saturated carbocycles. The highest BCUT2D eigenvalue weighted by atomic mass is 35.5. The fourth-order valence-electron chi connectivity index (χ4n) is 11.0. The summed E-state index contributed by atoms with van der Waals surface area (Å²) in [7, 11) is -9.85. The van der Waals surface area contributed by atoms with Crippen molar-refractivity contribution in [1.29, 1.82) is 0 Å². The van der Waals surface area contributed by atoms with Crippen molar-refractivity contribution in [2.24, 2.45) is 0 Å². The lowest BCUT2D eigenvalue weighted by Crippen LogP contribution is -2.55. The Hall–Kier alpha value is -8.24. The average molecular weight is 1290 g/mol. The van der Waals surface area contributed by atoms with Gasteiger partial charge in [0.25, 0.3) is 43.7 Å². The van der Waals surface area contributed by atoms with Crippen molar-refractivity contribution in [3.63, 3.8) is 0 Å². The number of aliphatic hydroxyl groups excluding tert-OH is 2. The molecule has 18 nitrogen and oxygen atoms in total. The first kappa shape index (κ1) is 64.7. The van der Waals surface area contributed by atoms with E-state index in [1.807, 2.05) is 86.6 Å². The number of hydrazine groups is 1. The molecule has 2 aliphatic heterocycles. The normalized spacial score (nSPS) is 14.9. The standard InChI is InChI=1S/C68H68Cl2N8O10S2/c1-45-23-27-49(28-24-45)61-64(52-33-37-54(70)38-34-52)74-66-55(71-61)41-57(79)68(84)76(66)40-16-6-4-14-22-60(82)78(90(87,88)44-48-19-11-8-12-20-48)77(89(85,86)43-47-17-9-7-10-18-47)59(81)21-13-3-5-15-39-75-65-56(42-58(80)67(75)83)72-62(51-31-35-53(69)36-32-51)63(73-65)50-29-25-46(2)26-30-50/h7-12,17-20,23-38,57-58,79-80H,3-6,13-16,21-22,39-44H2,1-2H3. The van der Waals surface area contributed by atoms with Gasteiger partial charge in [0, 0.05) is 71.1 Å². The monoisotopic (exact) mass is 1290 g/mol. The van der Waals surface area contributed by atoms with Crippen LogP contribution in [0.5, 0.6) is 0 Å². The number of benzene rings is 6. The van der Waals surface area contributed by atoms with E-state index in [-0.39, 0.29) is 58.7 Å². The molecule has 4 amide bonds. The van der Waals surface area contributed by atoms with Gasteiger partial charge < -0.3 is 10.2 Å². The number of carbonyl (C=O) groups excluding carboxylic acids is 4. The Labute approximate surface area is 534 Å². The number of halogens is 2. The molecule has 2 unspecified atom stereocenters. The van der Waals surface area contributed by atoms with Crippen molar-refractivity contribution in [2.45, 2.75) is 115 Å². The number of hydrogen-bond donors (Lipinski definition) is 2. The number of aromatic nitrogens is 4. The van der Waals surface area contributed by atoms with Crippen LogP contribution in [0.4, 0.5) is 11.6 Å². The van der Waals surface area contributed by atoms with E-state index in [0.717, 1.165) is 27.8 Å². The van der Waals surface area contributed by atoms with Gasteiger partial charge >= 0.3 is 0 Å². The second-order valence-electron chi connectivity index (χ2n) is 22.6. The largest absolute Gasteiger partial charge is 0.383 e. The molecule has 8 aromatic rings. The molecular formula is C68H68Cl2N8O10S2. The van der Waals surface area contributed by atoms with Crippen LogP contribution >= 0.6 is 23.2 Å². The molecule has 2 N–H and O–H groups in total. The van der Waals surface area contributed by atoms with Gasteiger partial charge in [-0.05, 0) is 74.9 Å². The molecule has 90 heavy (non-hydrogen) atoms. The minimum Gasteiger partial charge on any atom is -0.383 e. The van der Waals surface area contributed by atoms with E-state index >= 15 is 0 Å². The molecule has 0 bridgehead atoms. The average Bonchev–Trinajstić information content (AvgIpc) is 0.788. The Balaban J connectivity index is 0.836. The molecule has 10 rings (SSSR count). The minimum atomic E-state index is -4.93. The second kappa shape index (κ2) is 28.7. The number of hydrogen-bond acceptors (Lipinski definition) is 14. The van der Waals surface area contributed by atoms with E-state index in [1.165, 1.54) is 34.1 Å². The van der Waals surface area contributed by atoms with Crippen molar-refractivity contribution in [2.75, 3.05) is 22.9 Å². The van der Waals surface area contributed by atoms with Gasteiger partial charge in [-0.1, -0.05) is 193 Å². The highest BCUT2D eigenvalue weighted by Crippen LogP contribution is 2.38. The van der Waals surface area contributed by atoms with Crippen LogP contribution in [-0.4, -0.2) is 105 Å². The van der Waals surface area contributed by atoms with Crippen molar-refractivity contribution >= 4 is 78.5 Å². The van der Waals surface area contributed by atoms with Crippen LogP contribution in [0, 0.1) is 13.8 Å². The van der Waals surface area contributed by atoms with E-state index in [1.54, 1.807) is 60.7 Å². The maximum Gasteiger partial charge on any atom is 0.260 e. The molecule has 2 aromatic heterocycles. The van der Waals surface area contributed by atoms with Gasteiger partial charge in [-0.25, -0.2) is 36.8 Å². The Kier molecular flexibility index (Phi) is 20.7. The van der Waals surface area contributed by atoms with Crippen LogP contribution in [0.1, 0.15) is 97.8 Å². The first-order valence-electron chi connectivity index (χ1n) is 29.9. The lowest BCUT2D eigenvalue weighted by atomic mass is 10.0. The Bertz CT molecular complexity index is 3870. The molecule has 0 saturated heterocycles. The Morgan fingerprint density at radius 3 is 1.11 bits per heavy atom. The van der Waals surface area contributed by atoms with Crippen LogP contribution in [-0.2, 0) is 63.6 Å². The zero-order valence-corrected chi connectivity index (χ0v) is 52.9. The number of aryl methyl sites for hydroxylation is 2. The van der Waals surface area contributed by atoms with Crippen molar-refractivity contribution in [3.05, 3.63) is 201 Å². The molecule has 0 fully saturated rings. The predicted molar refractivity (Wildman–Crippen MR) is 347 cm³/mol. The zero-order valence-electron chi connectivity index (χ0n) is 49.8. The summed E-state index contributed by atoms with van der Waals surface area (Å²) in [6.45, 7) is 4.20. The van der Waals surface area contributed by atoms with E-state index < -0.39 is 80.2 Å². The zero-order chi connectivity index (χ0) is 63.7. The summed E-state index contributed by atoms with van der Waals surface area (Å²) in [5.41, 5.74) is 8.63. The second-order valence-corrected chi connectivity index (χ2v) is 27.1. The van der Waals surface area contributed by atoms with Crippen LogP contribution in [0.25, 0.3) is 45.0 Å². The summed E-state index contributed by atoms with van der Waals surface area (Å²) in [4.78, 5) is 79.6. The third-order valence-corrected chi connectivity index (χ3v) is 19.5. The van der Waals surface area contributed by atoms with Gasteiger partial charge in [0.1, 0.15) is 12.2 Å². The molecule has 4 heterocycles. The number of rotatable bonds is 24. The minimum absolute atomic E-state index is 0.0461. The number of fused-ring (bicyclic) bond motifs is 2. The van der Waals surface area contributed by atoms with Crippen molar-refractivity contribution < 1.29 is 46.2 Å². The van der Waals surface area contributed by atoms with Crippen LogP contribution in [0.15, 0.2) is 158 Å². The number of carbonyl (C=O) groups is 4. The molecule has 0 radical (unpaired) electrons. The van der Waals surface area contributed by atoms with Crippen LogP contribution in [0.2, 0.25) is 10.0 Å². The molecule has 2 aliphatic rings. The lowest BCUT2D eigenvalue weighted by molar-refractivity contribution is -0.145. The van der Waals surface area contributed by atoms with Gasteiger partial charge in [0.2, 0.25) is 0 Å². The smallest absolute Gasteiger partial charge is 0.260 e. The van der Waals surface area contributed by atoms with Crippen LogP contribution in [0.3, 0.4) is 0 Å². The quantitative estimate of drug-likeness (QED) is 0.0422. The Morgan fingerprint density at radius 1 is 0.456 bits per heavy atom. The summed E-state index contributed by atoms with van der Waals surface area (Å²) in [5.74, 6) is -4.35. The molecule has 6 aromatic carbocycles. The highest BCUT2D eigenvalue weighted by Gasteiger charge is 2.43. The fourth-order valence-corrected chi connectivity index (χ4v) is 14.8. The number of aliphatic hydroxyl groups is 2. The van der Waals surface area contributed by atoms with E-state index in [0.29, 0.717) is 99.9 Å². The van der Waals surface area contributed by atoms with Gasteiger partial charge in [-0.2, -0.15) is 0 Å². The SMILES string of the molecule is Cc1ccc(-c2nc3c(nc2-c2ccc(Cl)cc2)N(CCCCCCC(=O)N(N(C(=O)CCCCCCN2C(=O)C(O)Cc4nc(-c5ccc(Cl)cc5)c(-c5ccc(C)cc5)nc42)S(=O)(=O)Cc2ccccc2)S(=O)(=O)Cc2ccccc2)C(=O)C(O)C3)cc1. The van der Waals surface area contributed by atoms with Crippen molar-refractivity contribution in [3.8, 4) is 45.0 Å². The van der Waals surface area contributed by atoms with E-state index in [9.17, 15) is 46.2 Å². The summed E-state index contributed by atoms with van der Waals surface area (Å²) < 4.78 is 59.2. The summed E-state index contributed by atoms with van der Waals surface area (Å²) in [6.07, 6.45) is -1.39. The first-order chi connectivity index (χ1) is 43.2. The number of nitrogens with zero attached hydrogens (tertiary/aromatic N) is 8. The van der Waals surface area contributed by atoms with E-state index in [2.05, 4.69) is 0 Å². The summed E-state index contributed by atoms with van der Waals surface area (Å²) in [5, 5.41) is 23.1. The predicted octanol–water partition coefficient (Wildman–Crippen LogP) is 11.6. The number of anilines is 2. The summed E-state index contributed by atoms with van der Waals surface area (Å²) in [6, 6.07) is 45.7. The maximum atomic E-state index is 14.7.